The fourth-order valence-corrected chi connectivity index (χ4v) is 2.82. The molecule has 0 saturated carbocycles. The molecule has 0 bridgehead atoms. The van der Waals surface area contributed by atoms with E-state index in [1.165, 1.54) is 10.9 Å². The second-order valence-electron chi connectivity index (χ2n) is 3.91. The summed E-state index contributed by atoms with van der Waals surface area (Å²) in [5, 5.41) is 5.07. The van der Waals surface area contributed by atoms with Crippen molar-refractivity contribution in [2.75, 3.05) is 0 Å². The summed E-state index contributed by atoms with van der Waals surface area (Å²) >= 11 is 13.2. The number of hydrogen-bond donors (Lipinski definition) is 0. The van der Waals surface area contributed by atoms with Crippen molar-refractivity contribution in [3.8, 4) is 5.69 Å². The van der Waals surface area contributed by atoms with Gasteiger partial charge in [-0.1, -0.05) is 23.2 Å². The van der Waals surface area contributed by atoms with Crippen LogP contribution in [0.15, 0.2) is 29.2 Å². The molecule has 0 fully saturated rings. The highest BCUT2D eigenvalue weighted by molar-refractivity contribution is 7.18. The lowest BCUT2D eigenvalue weighted by Crippen LogP contribution is -2.21. The van der Waals surface area contributed by atoms with Crippen LogP contribution in [0.4, 0.5) is 0 Å². The zero-order valence-corrected chi connectivity index (χ0v) is 12.1. The van der Waals surface area contributed by atoms with E-state index >= 15 is 0 Å². The number of benzene rings is 1. The lowest BCUT2D eigenvalue weighted by Gasteiger charge is -2.05. The molecule has 0 atom stereocenters. The van der Waals surface area contributed by atoms with Crippen LogP contribution in [0.25, 0.3) is 15.9 Å². The number of nitrogens with zero attached hydrogens (tertiary/aromatic N) is 3. The first-order valence-electron chi connectivity index (χ1n) is 5.37. The number of rotatable bonds is 1. The van der Waals surface area contributed by atoms with Crippen molar-refractivity contribution in [2.45, 2.75) is 6.92 Å². The lowest BCUT2D eigenvalue weighted by atomic mass is 10.3. The molecule has 0 amide bonds. The van der Waals surface area contributed by atoms with Crippen LogP contribution in [-0.4, -0.2) is 14.8 Å². The van der Waals surface area contributed by atoms with Gasteiger partial charge in [-0.15, -0.1) is 11.3 Å². The summed E-state index contributed by atoms with van der Waals surface area (Å²) in [6.07, 6.45) is 1.35. The van der Waals surface area contributed by atoms with Crippen molar-refractivity contribution < 1.29 is 0 Å². The van der Waals surface area contributed by atoms with Crippen molar-refractivity contribution in [1.82, 2.24) is 14.8 Å². The molecule has 19 heavy (non-hydrogen) atoms. The summed E-state index contributed by atoms with van der Waals surface area (Å²) in [5.41, 5.74) is 1.00. The van der Waals surface area contributed by atoms with Crippen LogP contribution in [0.5, 0.6) is 0 Å². The molecule has 4 nitrogen and oxygen atoms in total. The van der Waals surface area contributed by atoms with Crippen LogP contribution < -0.4 is 5.56 Å². The maximum atomic E-state index is 12.0. The van der Waals surface area contributed by atoms with E-state index < -0.39 is 5.56 Å². The summed E-state index contributed by atoms with van der Waals surface area (Å²) in [4.78, 5) is 16.4. The predicted molar refractivity (Wildman–Crippen MR) is 77.8 cm³/mol. The first kappa shape index (κ1) is 12.6. The number of halogens is 2. The Kier molecular flexibility index (Phi) is 3.05. The molecule has 96 valence electrons. The molecule has 0 aliphatic rings. The Balaban J connectivity index is 2.24. The summed E-state index contributed by atoms with van der Waals surface area (Å²) in [7, 11) is 0. The largest absolute Gasteiger partial charge is 0.291 e. The molecule has 3 rings (SSSR count). The molecule has 1 aromatic carbocycles. The van der Waals surface area contributed by atoms with Gasteiger partial charge in [-0.25, -0.2) is 4.98 Å². The number of aromatic nitrogens is 3. The molecular formula is C12H7Cl2N3OS. The van der Waals surface area contributed by atoms with Crippen molar-refractivity contribution >= 4 is 44.8 Å². The summed E-state index contributed by atoms with van der Waals surface area (Å²) in [6, 6.07) is 5.52. The Labute approximate surface area is 122 Å². The molecular weight excluding hydrogens is 305 g/mol. The second-order valence-corrected chi connectivity index (χ2v) is 5.93. The molecule has 0 radical (unpaired) electrons. The maximum absolute atomic E-state index is 12.0. The quantitative estimate of drug-likeness (QED) is 0.691. The normalized spacial score (nSPS) is 11.1. The molecule has 0 spiro atoms. The third-order valence-corrected chi connectivity index (χ3v) is 4.30. The second kappa shape index (κ2) is 4.59. The Morgan fingerprint density at radius 3 is 2.89 bits per heavy atom. The molecule has 0 N–H and O–H groups in total. The van der Waals surface area contributed by atoms with Gasteiger partial charge in [0.15, 0.2) is 0 Å². The number of aryl methyl sites for hydroxylation is 1. The highest BCUT2D eigenvalue weighted by Gasteiger charge is 2.10. The third kappa shape index (κ3) is 2.14. The fraction of sp³-hybridized carbons (Fsp3) is 0.0833. The highest BCUT2D eigenvalue weighted by Crippen LogP contribution is 2.24. The standard InChI is InChI=1S/C12H7Cl2N3OS/c1-6-16-9-4-7(2-3-10(9)19-6)17-12(18)11(14)8(13)5-15-17/h2-5H,1H3. The van der Waals surface area contributed by atoms with Crippen LogP contribution >= 0.6 is 34.5 Å². The smallest absolute Gasteiger partial charge is 0.266 e. The van der Waals surface area contributed by atoms with E-state index in [9.17, 15) is 4.79 Å². The lowest BCUT2D eigenvalue weighted by molar-refractivity contribution is 0.808. The zero-order valence-electron chi connectivity index (χ0n) is 9.72. The molecule has 7 heteroatoms. The number of fused-ring (bicyclic) bond motifs is 1. The van der Waals surface area contributed by atoms with Gasteiger partial charge >= 0.3 is 0 Å². The van der Waals surface area contributed by atoms with Gasteiger partial charge in [-0.2, -0.15) is 9.78 Å². The minimum atomic E-state index is -0.444. The minimum absolute atomic E-state index is 0.0359. The van der Waals surface area contributed by atoms with E-state index in [-0.39, 0.29) is 10.0 Å². The minimum Gasteiger partial charge on any atom is -0.266 e. The Bertz CT molecular complexity index is 841. The Hall–Kier alpha value is -1.43. The molecule has 0 saturated heterocycles. The van der Waals surface area contributed by atoms with Crippen molar-refractivity contribution in [2.24, 2.45) is 0 Å². The van der Waals surface area contributed by atoms with Gasteiger partial charge in [0.2, 0.25) is 0 Å². The molecule has 3 aromatic rings. The van der Waals surface area contributed by atoms with Crippen LogP contribution in [0, 0.1) is 6.92 Å². The van der Waals surface area contributed by atoms with E-state index in [0.717, 1.165) is 15.2 Å². The van der Waals surface area contributed by atoms with Gasteiger partial charge in [-0.3, -0.25) is 4.79 Å². The highest BCUT2D eigenvalue weighted by atomic mass is 35.5. The van der Waals surface area contributed by atoms with Gasteiger partial charge in [0.05, 0.1) is 32.1 Å². The van der Waals surface area contributed by atoms with Crippen LogP contribution in [-0.2, 0) is 0 Å². The Morgan fingerprint density at radius 1 is 1.32 bits per heavy atom. The monoisotopic (exact) mass is 311 g/mol. The first-order valence-corrected chi connectivity index (χ1v) is 6.94. The van der Waals surface area contributed by atoms with Crippen LogP contribution in [0.2, 0.25) is 10.0 Å². The van der Waals surface area contributed by atoms with Crippen molar-refractivity contribution in [3.63, 3.8) is 0 Å². The average molecular weight is 312 g/mol. The fourth-order valence-electron chi connectivity index (χ4n) is 1.76. The SMILES string of the molecule is Cc1nc2cc(-n3ncc(Cl)c(Cl)c3=O)ccc2s1. The predicted octanol–water partition coefficient (Wildman–Crippen LogP) is 3.46. The average Bonchev–Trinajstić information content (AvgIpc) is 2.75. The molecule has 2 aromatic heterocycles. The molecule has 0 unspecified atom stereocenters. The van der Waals surface area contributed by atoms with E-state index in [0.29, 0.717) is 5.69 Å². The zero-order chi connectivity index (χ0) is 13.6. The summed E-state index contributed by atoms with van der Waals surface area (Å²) < 4.78 is 2.27. The third-order valence-electron chi connectivity index (χ3n) is 2.60. The Morgan fingerprint density at radius 2 is 2.11 bits per heavy atom. The maximum Gasteiger partial charge on any atom is 0.291 e. The van der Waals surface area contributed by atoms with E-state index in [1.54, 1.807) is 23.5 Å². The molecule has 2 heterocycles. The molecule has 0 aliphatic carbocycles. The topological polar surface area (TPSA) is 47.8 Å². The van der Waals surface area contributed by atoms with E-state index in [2.05, 4.69) is 10.1 Å². The van der Waals surface area contributed by atoms with Gasteiger partial charge in [-0.05, 0) is 25.1 Å². The summed E-state index contributed by atoms with van der Waals surface area (Å²) in [6.45, 7) is 1.94. The summed E-state index contributed by atoms with van der Waals surface area (Å²) in [5.74, 6) is 0. The van der Waals surface area contributed by atoms with Crippen molar-refractivity contribution in [1.29, 1.82) is 0 Å². The van der Waals surface area contributed by atoms with Gasteiger partial charge in [0, 0.05) is 0 Å². The van der Waals surface area contributed by atoms with E-state index in [4.69, 9.17) is 23.2 Å². The first-order chi connectivity index (χ1) is 9.06. The number of hydrogen-bond acceptors (Lipinski definition) is 4. The van der Waals surface area contributed by atoms with Crippen LogP contribution in [0.1, 0.15) is 5.01 Å². The number of thiazole rings is 1. The van der Waals surface area contributed by atoms with Gasteiger partial charge < -0.3 is 0 Å². The van der Waals surface area contributed by atoms with Crippen LogP contribution in [0.3, 0.4) is 0 Å². The van der Waals surface area contributed by atoms with Crippen molar-refractivity contribution in [3.05, 3.63) is 49.8 Å². The molecule has 0 aliphatic heterocycles. The van der Waals surface area contributed by atoms with E-state index in [1.807, 2.05) is 13.0 Å². The van der Waals surface area contributed by atoms with Gasteiger partial charge in [0.25, 0.3) is 5.56 Å². The van der Waals surface area contributed by atoms with Gasteiger partial charge in [0.1, 0.15) is 5.02 Å².